The molecule has 0 atom stereocenters. The average Bonchev–Trinajstić information content (AvgIpc) is 3.38. The zero-order chi connectivity index (χ0) is 17.9. The highest BCUT2D eigenvalue weighted by molar-refractivity contribution is 5.56. The van der Waals surface area contributed by atoms with E-state index in [1.54, 1.807) is 6.07 Å². The number of ether oxygens (including phenoxy) is 1. The minimum absolute atomic E-state index is 0.302. The Hall–Kier alpha value is -3.20. The van der Waals surface area contributed by atoms with Crippen molar-refractivity contribution in [2.45, 2.75) is 26.4 Å². The number of aryl methyl sites for hydroxylation is 1. The summed E-state index contributed by atoms with van der Waals surface area (Å²) in [7, 11) is 0. The zero-order valence-electron chi connectivity index (χ0n) is 14.6. The number of rotatable bonds is 5. The molecule has 0 amide bonds. The van der Waals surface area contributed by atoms with Crippen LogP contribution < -0.4 is 9.64 Å². The number of hydrogen-bond acceptors (Lipinski definition) is 6. The van der Waals surface area contributed by atoms with Crippen molar-refractivity contribution >= 4 is 5.88 Å². The molecule has 3 heterocycles. The Bertz CT molecular complexity index is 945. The summed E-state index contributed by atoms with van der Waals surface area (Å²) in [4.78, 5) is 6.34. The van der Waals surface area contributed by atoms with Crippen LogP contribution in [0.3, 0.4) is 0 Å². The van der Waals surface area contributed by atoms with E-state index in [4.69, 9.17) is 13.6 Å². The number of furan rings is 1. The number of benzene rings is 1. The second kappa shape index (κ2) is 6.96. The molecule has 6 heteroatoms. The van der Waals surface area contributed by atoms with Crippen LogP contribution in [-0.4, -0.2) is 18.1 Å². The van der Waals surface area contributed by atoms with E-state index in [0.29, 0.717) is 35.6 Å². The monoisotopic (exact) mass is 349 g/mol. The van der Waals surface area contributed by atoms with Gasteiger partial charge in [-0.1, -0.05) is 12.1 Å². The molecule has 2 aromatic heterocycles. The molecule has 0 radical (unpaired) electrons. The molecule has 1 aliphatic rings. The summed E-state index contributed by atoms with van der Waals surface area (Å²) in [6.07, 6.45) is 2.20. The van der Waals surface area contributed by atoms with Crippen LogP contribution in [0, 0.1) is 18.3 Å². The Morgan fingerprint density at radius 1 is 1.19 bits per heavy atom. The molecule has 0 bridgehead atoms. The predicted octanol–water partition coefficient (Wildman–Crippen LogP) is 4.29. The van der Waals surface area contributed by atoms with E-state index in [1.807, 2.05) is 37.3 Å². The molecule has 0 aliphatic carbocycles. The lowest BCUT2D eigenvalue weighted by molar-refractivity contribution is 0.271. The van der Waals surface area contributed by atoms with Gasteiger partial charge in [-0.3, -0.25) is 0 Å². The smallest absolute Gasteiger partial charge is 0.266 e. The standard InChI is InChI=1S/C20H19N3O3/c1-14-5-4-6-15(11-14)24-13-16-7-8-18(25-16)19-22-17(12-21)20(26-19)23-9-2-3-10-23/h4-8,11H,2-3,9-10,13H2,1H3. The summed E-state index contributed by atoms with van der Waals surface area (Å²) in [5, 5.41) is 9.33. The first-order chi connectivity index (χ1) is 12.7. The second-order valence-corrected chi connectivity index (χ2v) is 6.35. The number of oxazole rings is 1. The zero-order valence-corrected chi connectivity index (χ0v) is 14.6. The number of aromatic nitrogens is 1. The first-order valence-electron chi connectivity index (χ1n) is 8.67. The highest BCUT2D eigenvalue weighted by Crippen LogP contribution is 2.31. The molecule has 1 saturated heterocycles. The van der Waals surface area contributed by atoms with Gasteiger partial charge in [0.1, 0.15) is 24.2 Å². The van der Waals surface area contributed by atoms with Crippen molar-refractivity contribution in [3.8, 4) is 23.5 Å². The molecule has 0 spiro atoms. The van der Waals surface area contributed by atoms with Gasteiger partial charge in [0.2, 0.25) is 11.6 Å². The topological polar surface area (TPSA) is 75.4 Å². The van der Waals surface area contributed by atoms with E-state index in [9.17, 15) is 5.26 Å². The minimum atomic E-state index is 0.302. The van der Waals surface area contributed by atoms with Crippen LogP contribution in [0.1, 0.15) is 29.9 Å². The third-order valence-corrected chi connectivity index (χ3v) is 4.35. The molecule has 6 nitrogen and oxygen atoms in total. The molecule has 1 fully saturated rings. The fourth-order valence-electron chi connectivity index (χ4n) is 3.05. The Morgan fingerprint density at radius 2 is 2.04 bits per heavy atom. The van der Waals surface area contributed by atoms with Crippen molar-refractivity contribution < 1.29 is 13.6 Å². The summed E-state index contributed by atoms with van der Waals surface area (Å²) in [6.45, 7) is 4.10. The molecule has 132 valence electrons. The van der Waals surface area contributed by atoms with Crippen LogP contribution in [0.4, 0.5) is 5.88 Å². The highest BCUT2D eigenvalue weighted by Gasteiger charge is 2.24. The summed E-state index contributed by atoms with van der Waals surface area (Å²) in [5.74, 6) is 2.82. The summed E-state index contributed by atoms with van der Waals surface area (Å²) in [6, 6.07) is 13.6. The maximum Gasteiger partial charge on any atom is 0.266 e. The summed E-state index contributed by atoms with van der Waals surface area (Å²) in [5.41, 5.74) is 1.44. The number of hydrogen-bond donors (Lipinski definition) is 0. The van der Waals surface area contributed by atoms with E-state index in [2.05, 4.69) is 16.0 Å². The first kappa shape index (κ1) is 16.3. The van der Waals surface area contributed by atoms with Crippen LogP contribution in [0.5, 0.6) is 5.75 Å². The SMILES string of the molecule is Cc1cccc(OCc2ccc(-c3nc(C#N)c(N4CCCC4)o3)o2)c1. The molecule has 0 unspecified atom stereocenters. The van der Waals surface area contributed by atoms with E-state index >= 15 is 0 Å². The lowest BCUT2D eigenvalue weighted by Crippen LogP contribution is -2.17. The highest BCUT2D eigenvalue weighted by atomic mass is 16.5. The van der Waals surface area contributed by atoms with Gasteiger partial charge in [0, 0.05) is 13.1 Å². The molecule has 1 aromatic carbocycles. The van der Waals surface area contributed by atoms with Crippen LogP contribution in [0.25, 0.3) is 11.7 Å². The largest absolute Gasteiger partial charge is 0.486 e. The van der Waals surface area contributed by atoms with Gasteiger partial charge < -0.3 is 18.5 Å². The molecule has 1 aliphatic heterocycles. The quantitative estimate of drug-likeness (QED) is 0.684. The average molecular weight is 349 g/mol. The molecular formula is C20H19N3O3. The van der Waals surface area contributed by atoms with E-state index in [-0.39, 0.29) is 0 Å². The Labute approximate surface area is 151 Å². The fourth-order valence-corrected chi connectivity index (χ4v) is 3.05. The van der Waals surface area contributed by atoms with Crippen molar-refractivity contribution in [2.75, 3.05) is 18.0 Å². The van der Waals surface area contributed by atoms with Crippen LogP contribution in [0.2, 0.25) is 0 Å². The summed E-state index contributed by atoms with van der Waals surface area (Å²) >= 11 is 0. The third kappa shape index (κ3) is 3.29. The Morgan fingerprint density at radius 3 is 2.81 bits per heavy atom. The number of nitriles is 1. The van der Waals surface area contributed by atoms with Crippen LogP contribution in [0.15, 0.2) is 45.2 Å². The maximum atomic E-state index is 9.33. The fraction of sp³-hybridized carbons (Fsp3) is 0.300. The van der Waals surface area contributed by atoms with Gasteiger partial charge in [0.05, 0.1) is 0 Å². The van der Waals surface area contributed by atoms with Gasteiger partial charge in [-0.2, -0.15) is 10.2 Å². The van der Waals surface area contributed by atoms with E-state index in [1.165, 1.54) is 0 Å². The third-order valence-electron chi connectivity index (χ3n) is 4.35. The van der Waals surface area contributed by atoms with Crippen molar-refractivity contribution in [2.24, 2.45) is 0 Å². The molecule has 3 aromatic rings. The van der Waals surface area contributed by atoms with Crippen molar-refractivity contribution in [3.63, 3.8) is 0 Å². The molecular weight excluding hydrogens is 330 g/mol. The van der Waals surface area contributed by atoms with Gasteiger partial charge in [0.25, 0.3) is 5.89 Å². The molecule has 0 N–H and O–H groups in total. The van der Waals surface area contributed by atoms with Gasteiger partial charge in [-0.05, 0) is 49.6 Å². The Kier molecular flexibility index (Phi) is 4.36. The molecule has 0 saturated carbocycles. The van der Waals surface area contributed by atoms with Gasteiger partial charge in [-0.15, -0.1) is 0 Å². The first-order valence-corrected chi connectivity index (χ1v) is 8.67. The van der Waals surface area contributed by atoms with Crippen LogP contribution >= 0.6 is 0 Å². The van der Waals surface area contributed by atoms with Crippen molar-refractivity contribution in [3.05, 3.63) is 53.4 Å². The number of nitrogens with zero attached hydrogens (tertiary/aromatic N) is 3. The van der Waals surface area contributed by atoms with E-state index in [0.717, 1.165) is 37.2 Å². The van der Waals surface area contributed by atoms with Crippen LogP contribution in [-0.2, 0) is 6.61 Å². The van der Waals surface area contributed by atoms with Gasteiger partial charge in [-0.25, -0.2) is 0 Å². The lowest BCUT2D eigenvalue weighted by atomic mass is 10.2. The van der Waals surface area contributed by atoms with Gasteiger partial charge in [0.15, 0.2) is 5.76 Å². The lowest BCUT2D eigenvalue weighted by Gasteiger charge is -2.12. The number of anilines is 1. The van der Waals surface area contributed by atoms with Crippen molar-refractivity contribution in [1.29, 1.82) is 5.26 Å². The Balaban J connectivity index is 1.50. The van der Waals surface area contributed by atoms with E-state index < -0.39 is 0 Å². The van der Waals surface area contributed by atoms with Crippen molar-refractivity contribution in [1.82, 2.24) is 4.98 Å². The normalized spacial score (nSPS) is 13.8. The summed E-state index contributed by atoms with van der Waals surface area (Å²) < 4.78 is 17.4. The van der Waals surface area contributed by atoms with Gasteiger partial charge >= 0.3 is 0 Å². The molecule has 26 heavy (non-hydrogen) atoms. The predicted molar refractivity (Wildman–Crippen MR) is 95.9 cm³/mol. The molecule has 4 rings (SSSR count). The second-order valence-electron chi connectivity index (χ2n) is 6.35. The minimum Gasteiger partial charge on any atom is -0.486 e. The maximum absolute atomic E-state index is 9.33.